The second-order valence-electron chi connectivity index (χ2n) is 5.51. The number of aryl methyl sites for hydroxylation is 1. The number of rotatable bonds is 5. The van der Waals surface area contributed by atoms with Crippen molar-refractivity contribution in [2.24, 2.45) is 0 Å². The first-order chi connectivity index (χ1) is 12.1. The van der Waals surface area contributed by atoms with E-state index < -0.39 is 0 Å². The number of amides is 1. The Kier molecular flexibility index (Phi) is 5.09. The number of nitrogens with zero attached hydrogens (tertiary/aromatic N) is 1. The summed E-state index contributed by atoms with van der Waals surface area (Å²) in [6.07, 6.45) is 0.163. The maximum Gasteiger partial charge on any atom is 0.231 e. The fraction of sp³-hybridized carbons (Fsp3) is 0.158. The number of nitrogens with one attached hydrogen (secondary N) is 1. The predicted octanol–water partition coefficient (Wildman–Crippen LogP) is 4.45. The minimum absolute atomic E-state index is 0.138. The van der Waals surface area contributed by atoms with Gasteiger partial charge in [-0.2, -0.15) is 0 Å². The molecule has 0 saturated heterocycles. The monoisotopic (exact) mass is 356 g/mol. The number of aromatic nitrogens is 1. The molecule has 0 aliphatic carbocycles. The Balaban J connectivity index is 1.75. The number of carbonyl (C=O) groups is 1. The van der Waals surface area contributed by atoms with E-state index in [0.29, 0.717) is 22.0 Å². The summed E-state index contributed by atoms with van der Waals surface area (Å²) in [5.74, 6) is 0.0478. The van der Waals surface area contributed by atoms with E-state index >= 15 is 0 Å². The summed E-state index contributed by atoms with van der Waals surface area (Å²) in [6, 6.07) is 11.9. The molecule has 0 fully saturated rings. The maximum atomic E-state index is 13.5. The third-order valence-electron chi connectivity index (χ3n) is 3.72. The predicted molar refractivity (Wildman–Crippen MR) is 97.6 cm³/mol. The van der Waals surface area contributed by atoms with Crippen LogP contribution in [0.1, 0.15) is 10.6 Å². The normalized spacial score (nSPS) is 10.5. The van der Waals surface area contributed by atoms with Crippen molar-refractivity contribution in [2.75, 3.05) is 12.4 Å². The Morgan fingerprint density at radius 1 is 1.28 bits per heavy atom. The summed E-state index contributed by atoms with van der Waals surface area (Å²) >= 11 is 1.36. The Morgan fingerprint density at radius 3 is 2.84 bits per heavy atom. The lowest BCUT2D eigenvalue weighted by Crippen LogP contribution is -2.14. The number of carbonyl (C=O) groups excluding carboxylic acids is 1. The minimum atomic E-state index is -0.359. The van der Waals surface area contributed by atoms with Crippen LogP contribution in [0.5, 0.6) is 5.75 Å². The largest absolute Gasteiger partial charge is 0.496 e. The lowest BCUT2D eigenvalue weighted by atomic mass is 10.1. The number of methoxy groups -OCH3 is 1. The molecule has 1 heterocycles. The Morgan fingerprint density at radius 2 is 2.08 bits per heavy atom. The Labute approximate surface area is 149 Å². The SMILES string of the molecule is COc1ccc(F)cc1-c1csc(CC(=O)Nc2ccccc2C)n1. The third kappa shape index (κ3) is 4.03. The van der Waals surface area contributed by atoms with Crippen LogP contribution in [0.15, 0.2) is 47.8 Å². The van der Waals surface area contributed by atoms with E-state index in [0.717, 1.165) is 11.3 Å². The van der Waals surface area contributed by atoms with Gasteiger partial charge in [0.1, 0.15) is 16.6 Å². The van der Waals surface area contributed by atoms with E-state index in [1.165, 1.54) is 30.6 Å². The van der Waals surface area contributed by atoms with Crippen LogP contribution in [0.25, 0.3) is 11.3 Å². The highest BCUT2D eigenvalue weighted by Gasteiger charge is 2.13. The molecule has 0 atom stereocenters. The van der Waals surface area contributed by atoms with Crippen LogP contribution in [0.4, 0.5) is 10.1 Å². The first kappa shape index (κ1) is 17.1. The van der Waals surface area contributed by atoms with Gasteiger partial charge in [-0.3, -0.25) is 4.79 Å². The fourth-order valence-corrected chi connectivity index (χ4v) is 3.23. The number of ether oxygens (including phenoxy) is 1. The number of thiazole rings is 1. The minimum Gasteiger partial charge on any atom is -0.496 e. The van der Waals surface area contributed by atoms with Crippen molar-refractivity contribution >= 4 is 22.9 Å². The smallest absolute Gasteiger partial charge is 0.231 e. The molecule has 3 rings (SSSR count). The van der Waals surface area contributed by atoms with Crippen LogP contribution in [0.2, 0.25) is 0 Å². The topological polar surface area (TPSA) is 51.2 Å². The average molecular weight is 356 g/mol. The van der Waals surface area contributed by atoms with E-state index in [2.05, 4.69) is 10.3 Å². The molecule has 0 saturated carbocycles. The van der Waals surface area contributed by atoms with Gasteiger partial charge in [-0.25, -0.2) is 9.37 Å². The molecule has 0 bridgehead atoms. The molecular weight excluding hydrogens is 339 g/mol. The highest BCUT2D eigenvalue weighted by molar-refractivity contribution is 7.10. The molecule has 25 heavy (non-hydrogen) atoms. The van der Waals surface area contributed by atoms with E-state index in [9.17, 15) is 9.18 Å². The Hall–Kier alpha value is -2.73. The zero-order valence-corrected chi connectivity index (χ0v) is 14.7. The number of hydrogen-bond acceptors (Lipinski definition) is 4. The van der Waals surface area contributed by atoms with Crippen molar-refractivity contribution in [3.63, 3.8) is 0 Å². The molecule has 0 aliphatic heterocycles. The van der Waals surface area contributed by atoms with E-state index in [4.69, 9.17) is 4.74 Å². The third-order valence-corrected chi connectivity index (χ3v) is 4.57. The van der Waals surface area contributed by atoms with Crippen molar-refractivity contribution < 1.29 is 13.9 Å². The molecule has 128 valence electrons. The first-order valence-electron chi connectivity index (χ1n) is 7.70. The van der Waals surface area contributed by atoms with Gasteiger partial charge in [0.2, 0.25) is 5.91 Å². The summed E-state index contributed by atoms with van der Waals surface area (Å²) in [5.41, 5.74) is 2.96. The molecule has 2 aromatic carbocycles. The van der Waals surface area contributed by atoms with Gasteiger partial charge in [0.25, 0.3) is 0 Å². The summed E-state index contributed by atoms with van der Waals surface area (Å²) in [7, 11) is 1.53. The lowest BCUT2D eigenvalue weighted by molar-refractivity contribution is -0.115. The molecule has 4 nitrogen and oxygen atoms in total. The summed E-state index contributed by atoms with van der Waals surface area (Å²) in [6.45, 7) is 1.94. The van der Waals surface area contributed by atoms with E-state index in [-0.39, 0.29) is 18.1 Å². The second kappa shape index (κ2) is 7.44. The van der Waals surface area contributed by atoms with Crippen molar-refractivity contribution in [2.45, 2.75) is 13.3 Å². The molecule has 0 spiro atoms. The highest BCUT2D eigenvalue weighted by atomic mass is 32.1. The molecule has 0 radical (unpaired) electrons. The van der Waals surface area contributed by atoms with Gasteiger partial charge in [-0.15, -0.1) is 11.3 Å². The van der Waals surface area contributed by atoms with Crippen LogP contribution < -0.4 is 10.1 Å². The number of hydrogen-bond donors (Lipinski definition) is 1. The Bertz CT molecular complexity index is 908. The van der Waals surface area contributed by atoms with Crippen LogP contribution in [0.3, 0.4) is 0 Å². The van der Waals surface area contributed by atoms with Crippen molar-refractivity contribution in [1.82, 2.24) is 4.98 Å². The zero-order chi connectivity index (χ0) is 17.8. The lowest BCUT2D eigenvalue weighted by Gasteiger charge is -2.07. The molecule has 6 heteroatoms. The van der Waals surface area contributed by atoms with Crippen LogP contribution in [0, 0.1) is 12.7 Å². The fourth-order valence-electron chi connectivity index (χ4n) is 2.44. The maximum absolute atomic E-state index is 13.5. The van der Waals surface area contributed by atoms with Gasteiger partial charge in [-0.05, 0) is 36.8 Å². The van der Waals surface area contributed by atoms with Gasteiger partial charge >= 0.3 is 0 Å². The molecule has 1 N–H and O–H groups in total. The van der Waals surface area contributed by atoms with Crippen molar-refractivity contribution in [3.05, 3.63) is 64.2 Å². The van der Waals surface area contributed by atoms with Gasteiger partial charge in [-0.1, -0.05) is 18.2 Å². The molecule has 1 amide bonds. The van der Waals surface area contributed by atoms with Gasteiger partial charge < -0.3 is 10.1 Å². The number of halogens is 1. The van der Waals surface area contributed by atoms with Gasteiger partial charge in [0.15, 0.2) is 0 Å². The number of benzene rings is 2. The standard InChI is InChI=1S/C19H17FN2O2S/c1-12-5-3-4-6-15(12)21-18(23)10-19-22-16(11-25-19)14-9-13(20)7-8-17(14)24-2/h3-9,11H,10H2,1-2H3,(H,21,23). The van der Waals surface area contributed by atoms with Crippen molar-refractivity contribution in [1.29, 1.82) is 0 Å². The quantitative estimate of drug-likeness (QED) is 0.735. The van der Waals surface area contributed by atoms with Gasteiger partial charge in [0, 0.05) is 16.6 Å². The first-order valence-corrected chi connectivity index (χ1v) is 8.58. The molecule has 3 aromatic rings. The van der Waals surface area contributed by atoms with Crippen molar-refractivity contribution in [3.8, 4) is 17.0 Å². The molecule has 0 unspecified atom stereocenters. The van der Waals surface area contributed by atoms with Crippen LogP contribution in [-0.2, 0) is 11.2 Å². The zero-order valence-electron chi connectivity index (χ0n) is 13.9. The summed E-state index contributed by atoms with van der Waals surface area (Å²) in [4.78, 5) is 16.7. The van der Waals surface area contributed by atoms with Gasteiger partial charge in [0.05, 0.1) is 19.2 Å². The summed E-state index contributed by atoms with van der Waals surface area (Å²) < 4.78 is 18.8. The summed E-state index contributed by atoms with van der Waals surface area (Å²) in [5, 5.41) is 5.34. The molecule has 1 aromatic heterocycles. The average Bonchev–Trinajstić information content (AvgIpc) is 3.05. The molecule has 0 aliphatic rings. The number of para-hydroxylation sites is 1. The highest BCUT2D eigenvalue weighted by Crippen LogP contribution is 2.31. The number of anilines is 1. The van der Waals surface area contributed by atoms with E-state index in [1.807, 2.05) is 31.2 Å². The molecular formula is C19H17FN2O2S. The second-order valence-corrected chi connectivity index (χ2v) is 6.45. The van der Waals surface area contributed by atoms with Crippen LogP contribution in [-0.4, -0.2) is 18.0 Å². The van der Waals surface area contributed by atoms with E-state index in [1.54, 1.807) is 11.4 Å². The van der Waals surface area contributed by atoms with Crippen LogP contribution >= 0.6 is 11.3 Å².